The van der Waals surface area contributed by atoms with Crippen molar-refractivity contribution in [1.29, 1.82) is 0 Å². The van der Waals surface area contributed by atoms with E-state index >= 15 is 0 Å². The Morgan fingerprint density at radius 3 is 2.31 bits per heavy atom. The number of halogens is 1. The third-order valence-electron chi connectivity index (χ3n) is 5.18. The molecule has 0 saturated carbocycles. The normalized spacial score (nSPS) is 10.2. The number of amides is 2. The standard InChI is InChI=1S/C28H26FN3O4/c1-4-20-15-22(29)16-24(32(3)18-19-9-7-6-8-10-19)27(20)31-26(34)17-25(33)30-23-13-11-21(12-14-23)28(35)36-5-2/h1,6-16H,5,17-18H2,2-3H3,(H,30,33)(H,31,34). The van der Waals surface area contributed by atoms with Crippen molar-refractivity contribution >= 4 is 34.8 Å². The molecule has 0 aromatic heterocycles. The minimum atomic E-state index is -0.617. The number of terminal acetylenes is 1. The van der Waals surface area contributed by atoms with E-state index in [9.17, 15) is 18.8 Å². The highest BCUT2D eigenvalue weighted by atomic mass is 19.1. The first-order chi connectivity index (χ1) is 17.3. The van der Waals surface area contributed by atoms with E-state index < -0.39 is 30.0 Å². The maximum Gasteiger partial charge on any atom is 0.338 e. The Kier molecular flexibility index (Phi) is 8.79. The summed E-state index contributed by atoms with van der Waals surface area (Å²) in [5.41, 5.74) is 2.53. The molecule has 184 valence electrons. The number of hydrogen-bond donors (Lipinski definition) is 2. The molecule has 0 aliphatic heterocycles. The smallest absolute Gasteiger partial charge is 0.338 e. The van der Waals surface area contributed by atoms with E-state index in [1.54, 1.807) is 18.9 Å². The van der Waals surface area contributed by atoms with Crippen LogP contribution in [0.25, 0.3) is 0 Å². The molecule has 0 saturated heterocycles. The highest BCUT2D eigenvalue weighted by Gasteiger charge is 2.18. The van der Waals surface area contributed by atoms with Gasteiger partial charge >= 0.3 is 5.97 Å². The molecule has 0 heterocycles. The van der Waals surface area contributed by atoms with Gasteiger partial charge in [0, 0.05) is 19.3 Å². The van der Waals surface area contributed by atoms with Crippen molar-refractivity contribution in [3.05, 3.63) is 89.2 Å². The summed E-state index contributed by atoms with van der Waals surface area (Å²) in [4.78, 5) is 38.6. The molecule has 3 aromatic rings. The fourth-order valence-corrected chi connectivity index (χ4v) is 3.52. The van der Waals surface area contributed by atoms with Crippen LogP contribution < -0.4 is 15.5 Å². The summed E-state index contributed by atoms with van der Waals surface area (Å²) in [6.07, 6.45) is 5.08. The average molecular weight is 488 g/mol. The molecule has 0 aliphatic rings. The summed E-state index contributed by atoms with van der Waals surface area (Å²) >= 11 is 0. The molecule has 0 fully saturated rings. The van der Waals surface area contributed by atoms with Crippen LogP contribution in [0.5, 0.6) is 0 Å². The number of hydrogen-bond acceptors (Lipinski definition) is 5. The maximum absolute atomic E-state index is 14.3. The zero-order valence-corrected chi connectivity index (χ0v) is 20.0. The first kappa shape index (κ1) is 26.0. The van der Waals surface area contributed by atoms with Gasteiger partial charge in [0.1, 0.15) is 12.2 Å². The van der Waals surface area contributed by atoms with Crippen molar-refractivity contribution in [3.8, 4) is 12.3 Å². The Hall–Kier alpha value is -4.64. The lowest BCUT2D eigenvalue weighted by molar-refractivity contribution is -0.123. The highest BCUT2D eigenvalue weighted by Crippen LogP contribution is 2.31. The van der Waals surface area contributed by atoms with E-state index in [2.05, 4.69) is 16.6 Å². The maximum atomic E-state index is 14.3. The predicted octanol–water partition coefficient (Wildman–Crippen LogP) is 4.59. The van der Waals surface area contributed by atoms with Crippen LogP contribution in [0.1, 0.15) is 34.8 Å². The van der Waals surface area contributed by atoms with Crippen molar-refractivity contribution in [2.75, 3.05) is 29.2 Å². The van der Waals surface area contributed by atoms with Crippen LogP contribution in [0, 0.1) is 18.2 Å². The van der Waals surface area contributed by atoms with Gasteiger partial charge in [-0.25, -0.2) is 9.18 Å². The molecule has 3 rings (SSSR count). The molecule has 8 heteroatoms. The zero-order chi connectivity index (χ0) is 26.1. The monoisotopic (exact) mass is 487 g/mol. The first-order valence-electron chi connectivity index (χ1n) is 11.2. The van der Waals surface area contributed by atoms with E-state index in [0.717, 1.165) is 11.6 Å². The zero-order valence-electron chi connectivity index (χ0n) is 20.0. The molecular formula is C28H26FN3O4. The van der Waals surface area contributed by atoms with Gasteiger partial charge in [0.05, 0.1) is 29.1 Å². The van der Waals surface area contributed by atoms with E-state index in [1.165, 1.54) is 30.3 Å². The van der Waals surface area contributed by atoms with Gasteiger partial charge in [-0.2, -0.15) is 0 Å². The summed E-state index contributed by atoms with van der Waals surface area (Å²) in [5, 5.41) is 5.27. The molecule has 0 unspecified atom stereocenters. The lowest BCUT2D eigenvalue weighted by atomic mass is 10.1. The number of rotatable bonds is 9. The van der Waals surface area contributed by atoms with Gasteiger partial charge < -0.3 is 20.3 Å². The van der Waals surface area contributed by atoms with Crippen LogP contribution >= 0.6 is 0 Å². The molecular weight excluding hydrogens is 461 g/mol. The Labute approximate surface area is 209 Å². The molecule has 2 N–H and O–H groups in total. The van der Waals surface area contributed by atoms with Crippen molar-refractivity contribution in [3.63, 3.8) is 0 Å². The Morgan fingerprint density at radius 2 is 1.67 bits per heavy atom. The van der Waals surface area contributed by atoms with Gasteiger partial charge in [-0.1, -0.05) is 36.3 Å². The molecule has 3 aromatic carbocycles. The van der Waals surface area contributed by atoms with Gasteiger partial charge in [0.15, 0.2) is 0 Å². The number of nitrogens with zero attached hydrogens (tertiary/aromatic N) is 1. The molecule has 0 spiro atoms. The van der Waals surface area contributed by atoms with E-state index in [-0.39, 0.29) is 17.9 Å². The number of ether oxygens (including phenoxy) is 1. The Bertz CT molecular complexity index is 1280. The summed E-state index contributed by atoms with van der Waals surface area (Å²) in [7, 11) is 1.75. The minimum absolute atomic E-state index is 0.160. The number of anilines is 3. The van der Waals surface area contributed by atoms with Crippen molar-refractivity contribution in [2.45, 2.75) is 19.9 Å². The molecule has 0 radical (unpaired) electrons. The molecule has 36 heavy (non-hydrogen) atoms. The third-order valence-corrected chi connectivity index (χ3v) is 5.18. The number of carbonyl (C=O) groups is 3. The predicted molar refractivity (Wildman–Crippen MR) is 137 cm³/mol. The summed E-state index contributed by atoms with van der Waals surface area (Å²) < 4.78 is 19.2. The van der Waals surface area contributed by atoms with Crippen molar-refractivity contribution < 1.29 is 23.5 Å². The van der Waals surface area contributed by atoms with Crippen molar-refractivity contribution in [2.24, 2.45) is 0 Å². The average Bonchev–Trinajstić information content (AvgIpc) is 2.85. The van der Waals surface area contributed by atoms with Gasteiger partial charge in [0.25, 0.3) is 0 Å². The summed E-state index contributed by atoms with van der Waals surface area (Å²) in [6, 6.07) is 18.1. The fraction of sp³-hybridized carbons (Fsp3) is 0.179. The van der Waals surface area contributed by atoms with Crippen LogP contribution in [0.15, 0.2) is 66.7 Å². The minimum Gasteiger partial charge on any atom is -0.462 e. The van der Waals surface area contributed by atoms with E-state index in [1.807, 2.05) is 30.3 Å². The Morgan fingerprint density at radius 1 is 1.00 bits per heavy atom. The Balaban J connectivity index is 1.70. The molecule has 0 aliphatic carbocycles. The van der Waals surface area contributed by atoms with Crippen LogP contribution in [0.3, 0.4) is 0 Å². The second kappa shape index (κ2) is 12.2. The second-order valence-electron chi connectivity index (χ2n) is 7.90. The van der Waals surface area contributed by atoms with Gasteiger partial charge in [-0.3, -0.25) is 9.59 Å². The van der Waals surface area contributed by atoms with Crippen LogP contribution in [-0.4, -0.2) is 31.4 Å². The number of nitrogens with one attached hydrogen (secondary N) is 2. The molecule has 0 bridgehead atoms. The lowest BCUT2D eigenvalue weighted by Gasteiger charge is -2.24. The molecule has 2 amide bonds. The van der Waals surface area contributed by atoms with E-state index in [4.69, 9.17) is 11.2 Å². The highest BCUT2D eigenvalue weighted by molar-refractivity contribution is 6.09. The van der Waals surface area contributed by atoms with Gasteiger partial charge in [-0.15, -0.1) is 6.42 Å². The second-order valence-corrected chi connectivity index (χ2v) is 7.90. The van der Waals surface area contributed by atoms with Crippen molar-refractivity contribution in [1.82, 2.24) is 0 Å². The topological polar surface area (TPSA) is 87.7 Å². The van der Waals surface area contributed by atoms with Gasteiger partial charge in [-0.05, 0) is 48.9 Å². The molecule has 0 atom stereocenters. The van der Waals surface area contributed by atoms with E-state index in [0.29, 0.717) is 23.5 Å². The van der Waals surface area contributed by atoms with Crippen LogP contribution in [0.4, 0.5) is 21.5 Å². The largest absolute Gasteiger partial charge is 0.462 e. The number of esters is 1. The SMILES string of the molecule is C#Cc1cc(F)cc(N(C)Cc2ccccc2)c1NC(=O)CC(=O)Nc1ccc(C(=O)OCC)cc1. The number of carbonyl (C=O) groups excluding carboxylic acids is 3. The summed E-state index contributed by atoms with van der Waals surface area (Å²) in [6.45, 7) is 2.41. The van der Waals surface area contributed by atoms with Crippen LogP contribution in [-0.2, 0) is 20.9 Å². The fourth-order valence-electron chi connectivity index (χ4n) is 3.52. The number of benzene rings is 3. The summed E-state index contributed by atoms with van der Waals surface area (Å²) in [5.74, 6) is 0.203. The first-order valence-corrected chi connectivity index (χ1v) is 11.2. The molecule has 7 nitrogen and oxygen atoms in total. The quantitative estimate of drug-likeness (QED) is 0.262. The van der Waals surface area contributed by atoms with Crippen LogP contribution in [0.2, 0.25) is 0 Å². The third kappa shape index (κ3) is 6.93. The lowest BCUT2D eigenvalue weighted by Crippen LogP contribution is -2.24. The van der Waals surface area contributed by atoms with Gasteiger partial charge in [0.2, 0.25) is 11.8 Å².